The molecule has 0 atom stereocenters. The number of non-ortho nitro benzene ring substituents is 1. The Labute approximate surface area is 164 Å². The maximum absolute atomic E-state index is 11.5. The third-order valence-electron chi connectivity index (χ3n) is 5.53. The maximum atomic E-state index is 11.5. The van der Waals surface area contributed by atoms with Gasteiger partial charge in [0.1, 0.15) is 6.54 Å². The van der Waals surface area contributed by atoms with Crippen molar-refractivity contribution < 1.29 is 22.5 Å². The van der Waals surface area contributed by atoms with Gasteiger partial charge in [-0.3, -0.25) is 14.7 Å². The number of nitro benzene ring substituents is 1. The van der Waals surface area contributed by atoms with E-state index in [0.29, 0.717) is 0 Å². The van der Waals surface area contributed by atoms with E-state index in [1.54, 1.807) is 24.3 Å². The normalized spacial score (nSPS) is 15.6. The van der Waals surface area contributed by atoms with Gasteiger partial charge in [0.05, 0.1) is 15.2 Å². The Morgan fingerprint density at radius 3 is 2.36 bits per heavy atom. The van der Waals surface area contributed by atoms with E-state index < -0.39 is 15.0 Å². The largest absolute Gasteiger partial charge is 0.294 e. The molecule has 0 saturated heterocycles. The molecule has 2 aromatic carbocycles. The van der Waals surface area contributed by atoms with E-state index in [1.165, 1.54) is 18.2 Å². The molecule has 1 aliphatic heterocycles. The molecule has 1 aliphatic rings. The van der Waals surface area contributed by atoms with Gasteiger partial charge in [-0.25, -0.2) is 0 Å². The topological polar surface area (TPSA) is 101 Å². The molecule has 3 rings (SSSR count). The summed E-state index contributed by atoms with van der Waals surface area (Å²) in [5, 5.41) is 10.7. The van der Waals surface area contributed by atoms with E-state index in [4.69, 9.17) is 0 Å². The molecule has 7 nitrogen and oxygen atoms in total. The highest BCUT2D eigenvalue weighted by atomic mass is 32.2. The van der Waals surface area contributed by atoms with Gasteiger partial charge >= 0.3 is 0 Å². The zero-order valence-corrected chi connectivity index (χ0v) is 16.9. The van der Waals surface area contributed by atoms with Crippen LogP contribution >= 0.6 is 0 Å². The van der Waals surface area contributed by atoms with Gasteiger partial charge < -0.3 is 0 Å². The smallest absolute Gasteiger partial charge is 0.282 e. The summed E-state index contributed by atoms with van der Waals surface area (Å²) in [6, 6.07) is 11.3. The third-order valence-corrected chi connectivity index (χ3v) is 6.38. The van der Waals surface area contributed by atoms with E-state index in [0.717, 1.165) is 41.9 Å². The molecule has 0 aromatic heterocycles. The summed E-state index contributed by atoms with van der Waals surface area (Å²) in [7, 11) is -4.25. The van der Waals surface area contributed by atoms with Crippen molar-refractivity contribution in [3.63, 3.8) is 0 Å². The molecule has 28 heavy (non-hydrogen) atoms. The van der Waals surface area contributed by atoms with Crippen molar-refractivity contribution >= 4 is 27.2 Å². The number of rotatable bonds is 6. The first kappa shape index (κ1) is 20.2. The van der Waals surface area contributed by atoms with Crippen LogP contribution in [0, 0.1) is 10.1 Å². The van der Waals surface area contributed by atoms with Crippen molar-refractivity contribution in [2.75, 3.05) is 6.54 Å². The molecule has 0 unspecified atom stereocenters. The molecule has 0 fully saturated rings. The lowest BCUT2D eigenvalue weighted by molar-refractivity contribution is -0.439. The van der Waals surface area contributed by atoms with Gasteiger partial charge in [-0.15, -0.1) is 0 Å². The molecule has 8 heteroatoms. The second-order valence-electron chi connectivity index (χ2n) is 7.54. The number of nitro groups is 1. The van der Waals surface area contributed by atoms with Crippen LogP contribution in [0.15, 0.2) is 47.4 Å². The number of hydrogen-bond donors (Lipinski definition) is 1. The molecular formula is C20H23N2O5S+. The molecule has 0 amide bonds. The van der Waals surface area contributed by atoms with Crippen molar-refractivity contribution in [2.24, 2.45) is 0 Å². The molecule has 0 spiro atoms. The minimum Gasteiger partial charge on any atom is -0.282 e. The molecule has 148 valence electrons. The third kappa shape index (κ3) is 3.70. The van der Waals surface area contributed by atoms with Crippen molar-refractivity contribution in [1.29, 1.82) is 0 Å². The lowest BCUT2D eigenvalue weighted by Crippen LogP contribution is -2.26. The van der Waals surface area contributed by atoms with E-state index >= 15 is 0 Å². The Balaban J connectivity index is 1.79. The summed E-state index contributed by atoms with van der Waals surface area (Å²) in [4.78, 5) is 10.2. The lowest BCUT2D eigenvalue weighted by Gasteiger charge is -2.15. The highest BCUT2D eigenvalue weighted by Gasteiger charge is 2.43. The second kappa shape index (κ2) is 7.10. The van der Waals surface area contributed by atoms with Gasteiger partial charge in [0.25, 0.3) is 15.8 Å². The van der Waals surface area contributed by atoms with Crippen LogP contribution in [0.3, 0.4) is 0 Å². The van der Waals surface area contributed by atoms with Crippen molar-refractivity contribution in [2.45, 2.75) is 43.9 Å². The van der Waals surface area contributed by atoms with E-state index in [-0.39, 0.29) is 16.0 Å². The Morgan fingerprint density at radius 2 is 1.79 bits per heavy atom. The summed E-state index contributed by atoms with van der Waals surface area (Å²) in [5.41, 5.74) is 3.69. The average molecular weight is 403 g/mol. The molecule has 0 bridgehead atoms. The van der Waals surface area contributed by atoms with Gasteiger partial charge in [0.15, 0.2) is 5.71 Å². The van der Waals surface area contributed by atoms with Crippen LogP contribution < -0.4 is 0 Å². The average Bonchev–Trinajstić information content (AvgIpc) is 2.82. The maximum Gasteiger partial charge on any atom is 0.294 e. The standard InChI is InChI=1S/C20H22N2O5S/c1-14-20(2,3)18-13-17(28(25,26)27)10-11-19(18)21(14)12-4-5-15-6-8-16(9-7-15)22(23)24/h6-11,13H,4-5,12H2,1-3H3/p+1. The summed E-state index contributed by atoms with van der Waals surface area (Å²) in [6.07, 6.45) is 1.62. The molecule has 0 saturated carbocycles. The Hall–Kier alpha value is -2.58. The molecule has 1 heterocycles. The fourth-order valence-electron chi connectivity index (χ4n) is 3.64. The van der Waals surface area contributed by atoms with Crippen molar-refractivity contribution in [3.05, 3.63) is 63.7 Å². The summed E-state index contributed by atoms with van der Waals surface area (Å²) < 4.78 is 34.5. The number of aryl methyl sites for hydroxylation is 1. The predicted octanol–water partition coefficient (Wildman–Crippen LogP) is 3.87. The van der Waals surface area contributed by atoms with Crippen LogP contribution in [0.2, 0.25) is 0 Å². The van der Waals surface area contributed by atoms with E-state index in [1.807, 2.05) is 20.8 Å². The Kier molecular flexibility index (Phi) is 5.12. The highest BCUT2D eigenvalue weighted by Crippen LogP contribution is 2.40. The van der Waals surface area contributed by atoms with E-state index in [2.05, 4.69) is 4.58 Å². The number of hydrogen-bond acceptors (Lipinski definition) is 4. The highest BCUT2D eigenvalue weighted by molar-refractivity contribution is 7.85. The van der Waals surface area contributed by atoms with Gasteiger partial charge in [-0.1, -0.05) is 12.1 Å². The van der Waals surface area contributed by atoms with Gasteiger partial charge in [0, 0.05) is 37.1 Å². The molecule has 1 N–H and O–H groups in total. The van der Waals surface area contributed by atoms with Gasteiger partial charge in [-0.2, -0.15) is 13.0 Å². The number of fused-ring (bicyclic) bond motifs is 1. The fourth-order valence-corrected chi connectivity index (χ4v) is 4.15. The van der Waals surface area contributed by atoms with Crippen LogP contribution in [0.4, 0.5) is 11.4 Å². The van der Waals surface area contributed by atoms with Crippen LogP contribution in [-0.4, -0.2) is 34.7 Å². The summed E-state index contributed by atoms with van der Waals surface area (Å²) >= 11 is 0. The summed E-state index contributed by atoms with van der Waals surface area (Å²) in [5.74, 6) is 0. The molecule has 0 radical (unpaired) electrons. The van der Waals surface area contributed by atoms with Crippen LogP contribution in [0.1, 0.15) is 38.3 Å². The molecule has 2 aromatic rings. The summed E-state index contributed by atoms with van der Waals surface area (Å²) in [6.45, 7) is 6.83. The van der Waals surface area contributed by atoms with Crippen LogP contribution in [-0.2, 0) is 22.0 Å². The predicted molar refractivity (Wildman–Crippen MR) is 106 cm³/mol. The minimum atomic E-state index is -4.25. The number of nitrogens with zero attached hydrogens (tertiary/aromatic N) is 2. The first-order chi connectivity index (χ1) is 13.0. The Morgan fingerprint density at radius 1 is 1.14 bits per heavy atom. The zero-order chi connectivity index (χ0) is 20.7. The van der Waals surface area contributed by atoms with Crippen LogP contribution in [0.25, 0.3) is 0 Å². The molecular weight excluding hydrogens is 380 g/mol. The lowest BCUT2D eigenvalue weighted by atomic mass is 9.82. The fraction of sp³-hybridized carbons (Fsp3) is 0.350. The molecule has 0 aliphatic carbocycles. The second-order valence-corrected chi connectivity index (χ2v) is 8.96. The van der Waals surface area contributed by atoms with Crippen molar-refractivity contribution in [3.8, 4) is 0 Å². The quantitative estimate of drug-likeness (QED) is 0.341. The van der Waals surface area contributed by atoms with Gasteiger partial charge in [0.2, 0.25) is 5.69 Å². The monoisotopic (exact) mass is 403 g/mol. The van der Waals surface area contributed by atoms with Crippen LogP contribution in [0.5, 0.6) is 0 Å². The number of benzene rings is 2. The van der Waals surface area contributed by atoms with E-state index in [9.17, 15) is 23.1 Å². The SMILES string of the molecule is CC1=[N+](CCCc2ccc([N+](=O)[O-])cc2)c2ccc(S(=O)(=O)O)cc2C1(C)C. The minimum absolute atomic E-state index is 0.0813. The van der Waals surface area contributed by atoms with Crippen molar-refractivity contribution in [1.82, 2.24) is 0 Å². The zero-order valence-electron chi connectivity index (χ0n) is 16.0. The van der Waals surface area contributed by atoms with Gasteiger partial charge in [-0.05, 0) is 38.0 Å². The first-order valence-electron chi connectivity index (χ1n) is 8.99. The Bertz CT molecular complexity index is 1070. The first-order valence-corrected chi connectivity index (χ1v) is 10.4.